The van der Waals surface area contributed by atoms with E-state index < -0.39 is 0 Å². The molecule has 1 amide bonds. The Kier molecular flexibility index (Phi) is 4.20. The Balaban J connectivity index is 0.000000490. The van der Waals surface area contributed by atoms with Crippen molar-refractivity contribution in [1.29, 1.82) is 0 Å². The molecule has 8 heavy (non-hydrogen) atoms. The maximum atomic E-state index is 10.5. The summed E-state index contributed by atoms with van der Waals surface area (Å²) in [4.78, 5) is 12.3. The number of carbonyl (C=O) groups excluding carboxylic acids is 1. The van der Waals surface area contributed by atoms with Gasteiger partial charge in [0.25, 0.3) is 0 Å². The van der Waals surface area contributed by atoms with Gasteiger partial charge in [0.15, 0.2) is 0 Å². The van der Waals surface area contributed by atoms with E-state index in [2.05, 4.69) is 0 Å². The van der Waals surface area contributed by atoms with Crippen molar-refractivity contribution in [3.8, 4) is 0 Å². The minimum Gasteiger partial charge on any atom is -0.346 e. The van der Waals surface area contributed by atoms with Crippen molar-refractivity contribution in [3.05, 3.63) is 0 Å². The quantitative estimate of drug-likeness (QED) is 0.593. The molecule has 1 heterocycles. The second-order valence-corrected chi connectivity index (χ2v) is 1.92. The molecule has 0 aromatic heterocycles. The summed E-state index contributed by atoms with van der Waals surface area (Å²) in [5.41, 5.74) is 0. The van der Waals surface area contributed by atoms with E-state index in [0.717, 1.165) is 19.4 Å². The number of hydrogen-bond donors (Lipinski definition) is 0. The number of amides is 1. The van der Waals surface area contributed by atoms with Gasteiger partial charge < -0.3 is 4.90 Å². The Bertz CT molecular complexity index is 94.4. The first-order valence-electron chi connectivity index (χ1n) is 2.54. The standard InChI is InChI=1S/C5H9NO.Ce/c1-6-4-2-3-5(6)7;/h2-4H2,1H3;. The molecule has 1 fully saturated rings. The summed E-state index contributed by atoms with van der Waals surface area (Å²) < 4.78 is 0. The van der Waals surface area contributed by atoms with E-state index in [0.29, 0.717) is 5.91 Å². The average Bonchev–Trinajstić information content (AvgIpc) is 1.91. The second kappa shape index (κ2) is 3.79. The summed E-state index contributed by atoms with van der Waals surface area (Å²) in [6.07, 6.45) is 1.81. The van der Waals surface area contributed by atoms with E-state index in [-0.39, 0.29) is 41.7 Å². The minimum absolute atomic E-state index is 0. The van der Waals surface area contributed by atoms with Crippen LogP contribution in [0.1, 0.15) is 12.8 Å². The Morgan fingerprint density at radius 3 is 2.38 bits per heavy atom. The van der Waals surface area contributed by atoms with Gasteiger partial charge in [-0.1, -0.05) is 0 Å². The second-order valence-electron chi connectivity index (χ2n) is 1.92. The molecule has 1 aliphatic heterocycles. The predicted octanol–water partition coefficient (Wildman–Crippen LogP) is 0.239. The van der Waals surface area contributed by atoms with Crippen LogP contribution in [0.15, 0.2) is 0 Å². The van der Waals surface area contributed by atoms with Gasteiger partial charge in [-0.2, -0.15) is 0 Å². The first kappa shape index (κ1) is 8.85. The summed E-state index contributed by atoms with van der Waals surface area (Å²) >= 11 is 0. The van der Waals surface area contributed by atoms with Crippen LogP contribution in [0.3, 0.4) is 0 Å². The average molecular weight is 239 g/mol. The van der Waals surface area contributed by atoms with Gasteiger partial charge in [0, 0.05) is 61.8 Å². The van der Waals surface area contributed by atoms with Crippen molar-refractivity contribution in [1.82, 2.24) is 4.90 Å². The Morgan fingerprint density at radius 2 is 2.25 bits per heavy atom. The predicted molar refractivity (Wildman–Crippen MR) is 26.9 cm³/mol. The first-order valence-corrected chi connectivity index (χ1v) is 2.54. The molecule has 0 radical (unpaired) electrons. The molecule has 3 heteroatoms. The van der Waals surface area contributed by atoms with Crippen molar-refractivity contribution in [3.63, 3.8) is 0 Å². The van der Waals surface area contributed by atoms with Gasteiger partial charge in [-0.05, 0) is 6.42 Å². The maximum absolute atomic E-state index is 10.5. The molecule has 0 aromatic rings. The fraction of sp³-hybridized carbons (Fsp3) is 0.800. The van der Waals surface area contributed by atoms with Gasteiger partial charge in [-0.25, -0.2) is 0 Å². The van der Waals surface area contributed by atoms with Crippen molar-refractivity contribution in [2.75, 3.05) is 13.6 Å². The number of likely N-dealkylation sites (tertiary alicyclic amines) is 1. The Labute approximate surface area is 83.0 Å². The molecule has 1 saturated heterocycles. The molecule has 0 aliphatic carbocycles. The molecule has 0 N–H and O–H groups in total. The Hall–Kier alpha value is 0.847. The fourth-order valence-corrected chi connectivity index (χ4v) is 0.783. The molecule has 44 valence electrons. The molecule has 1 aliphatic rings. The normalized spacial score (nSPS) is 18.6. The van der Waals surface area contributed by atoms with Gasteiger partial charge in [-0.3, -0.25) is 4.79 Å². The Morgan fingerprint density at radius 1 is 1.62 bits per heavy atom. The van der Waals surface area contributed by atoms with Crippen LogP contribution in [-0.4, -0.2) is 24.4 Å². The summed E-state index contributed by atoms with van der Waals surface area (Å²) in [6.45, 7) is 0.957. The van der Waals surface area contributed by atoms with E-state index in [1.165, 1.54) is 0 Å². The fourth-order valence-electron chi connectivity index (χ4n) is 0.783. The SMILES string of the molecule is CN1CCCC1=O.[Ce]. The van der Waals surface area contributed by atoms with Crippen LogP contribution >= 0.6 is 0 Å². The number of rotatable bonds is 0. The summed E-state index contributed by atoms with van der Waals surface area (Å²) in [6, 6.07) is 0. The third-order valence-electron chi connectivity index (χ3n) is 1.31. The van der Waals surface area contributed by atoms with E-state index in [9.17, 15) is 4.79 Å². The summed E-state index contributed by atoms with van der Waals surface area (Å²) in [5, 5.41) is 0. The zero-order valence-electron chi connectivity index (χ0n) is 4.98. The third-order valence-corrected chi connectivity index (χ3v) is 1.31. The van der Waals surface area contributed by atoms with Crippen LogP contribution in [-0.2, 0) is 4.79 Å². The molecule has 0 unspecified atom stereocenters. The van der Waals surface area contributed by atoms with Crippen LogP contribution in [0.5, 0.6) is 0 Å². The molecule has 0 aromatic carbocycles. The zero-order chi connectivity index (χ0) is 5.28. The van der Waals surface area contributed by atoms with Crippen LogP contribution in [0.25, 0.3) is 0 Å². The molecule has 0 spiro atoms. The third kappa shape index (κ3) is 1.99. The molecule has 0 bridgehead atoms. The smallest absolute Gasteiger partial charge is 0.222 e. The minimum atomic E-state index is 0. The molecular formula is C5H9CeNO. The van der Waals surface area contributed by atoms with Crippen LogP contribution in [0, 0.1) is 41.7 Å². The maximum Gasteiger partial charge on any atom is 0.222 e. The topological polar surface area (TPSA) is 20.3 Å². The van der Waals surface area contributed by atoms with Crippen LogP contribution in [0.4, 0.5) is 0 Å². The molecule has 2 nitrogen and oxygen atoms in total. The molecule has 0 atom stereocenters. The zero-order valence-corrected chi connectivity index (χ0v) is 8.12. The van der Waals surface area contributed by atoms with Gasteiger partial charge in [0.2, 0.25) is 5.91 Å². The summed E-state index contributed by atoms with van der Waals surface area (Å²) in [7, 11) is 1.84. The van der Waals surface area contributed by atoms with Crippen molar-refractivity contribution in [2.24, 2.45) is 0 Å². The van der Waals surface area contributed by atoms with Gasteiger partial charge in [0.1, 0.15) is 0 Å². The van der Waals surface area contributed by atoms with Crippen LogP contribution < -0.4 is 0 Å². The first-order chi connectivity index (χ1) is 3.30. The van der Waals surface area contributed by atoms with Gasteiger partial charge >= 0.3 is 0 Å². The number of hydrogen-bond acceptors (Lipinski definition) is 1. The van der Waals surface area contributed by atoms with E-state index >= 15 is 0 Å². The summed E-state index contributed by atoms with van der Waals surface area (Å²) in [5.74, 6) is 0.292. The number of nitrogens with zero attached hydrogens (tertiary/aromatic N) is 1. The van der Waals surface area contributed by atoms with Crippen LogP contribution in [0.2, 0.25) is 0 Å². The van der Waals surface area contributed by atoms with Gasteiger partial charge in [0.05, 0.1) is 0 Å². The van der Waals surface area contributed by atoms with E-state index in [4.69, 9.17) is 0 Å². The van der Waals surface area contributed by atoms with Crippen molar-refractivity contribution >= 4 is 5.91 Å². The van der Waals surface area contributed by atoms with Crippen molar-refractivity contribution in [2.45, 2.75) is 12.8 Å². The van der Waals surface area contributed by atoms with E-state index in [1.54, 1.807) is 4.90 Å². The van der Waals surface area contributed by atoms with Gasteiger partial charge in [-0.15, -0.1) is 0 Å². The largest absolute Gasteiger partial charge is 0.346 e. The molecule has 0 saturated carbocycles. The van der Waals surface area contributed by atoms with Crippen molar-refractivity contribution < 1.29 is 46.5 Å². The monoisotopic (exact) mass is 239 g/mol. The molecular weight excluding hydrogens is 230 g/mol. The molecule has 1 rings (SSSR count). The number of carbonyl (C=O) groups is 1. The van der Waals surface area contributed by atoms with E-state index in [1.807, 2.05) is 7.05 Å².